The number of aromatic hydroxyl groups is 1. The van der Waals surface area contributed by atoms with Gasteiger partial charge in [-0.2, -0.15) is 0 Å². The summed E-state index contributed by atoms with van der Waals surface area (Å²) in [6.07, 6.45) is 1.97. The van der Waals surface area contributed by atoms with Crippen molar-refractivity contribution in [1.29, 1.82) is 0 Å². The lowest BCUT2D eigenvalue weighted by Crippen LogP contribution is -2.62. The molecule has 0 amide bonds. The number of aryl methyl sites for hydroxylation is 1. The number of benzene rings is 1. The molecule has 2 aromatic heterocycles. The van der Waals surface area contributed by atoms with Crippen LogP contribution in [0.4, 0.5) is 5.82 Å². The Bertz CT molecular complexity index is 1200. The first-order chi connectivity index (χ1) is 15.3. The molecule has 1 aliphatic heterocycles. The van der Waals surface area contributed by atoms with E-state index in [1.807, 2.05) is 19.2 Å². The number of piperidine rings is 1. The van der Waals surface area contributed by atoms with Gasteiger partial charge in [-0.1, -0.05) is 0 Å². The molecule has 0 radical (unpaired) electrons. The molecule has 0 atom stereocenters. The molecule has 1 aromatic carbocycles. The molecule has 174 valence electrons. The summed E-state index contributed by atoms with van der Waals surface area (Å²) in [5.41, 5.74) is 2.01. The zero-order valence-electron chi connectivity index (χ0n) is 20.0. The van der Waals surface area contributed by atoms with E-state index < -0.39 is 5.97 Å². The van der Waals surface area contributed by atoms with E-state index in [4.69, 9.17) is 0 Å². The van der Waals surface area contributed by atoms with Gasteiger partial charge in [-0.25, -0.2) is 9.78 Å². The second kappa shape index (κ2) is 7.95. The molecule has 0 saturated carbocycles. The fourth-order valence-electron chi connectivity index (χ4n) is 5.12. The van der Waals surface area contributed by atoms with Gasteiger partial charge < -0.3 is 20.4 Å². The van der Waals surface area contributed by atoms with E-state index in [9.17, 15) is 15.0 Å². The second-order valence-electron chi connectivity index (χ2n) is 10.4. The number of aromatic carboxylic acids is 1. The van der Waals surface area contributed by atoms with Gasteiger partial charge in [0.05, 0.1) is 11.2 Å². The number of hydrogen-bond donors (Lipinski definition) is 3. The maximum Gasteiger partial charge on any atom is 0.354 e. The van der Waals surface area contributed by atoms with Crippen molar-refractivity contribution in [1.82, 2.24) is 20.5 Å². The normalized spacial score (nSPS) is 17.8. The summed E-state index contributed by atoms with van der Waals surface area (Å²) >= 11 is 0. The average molecular weight is 450 g/mol. The number of nitrogens with one attached hydrogen (secondary N) is 1. The van der Waals surface area contributed by atoms with Crippen LogP contribution >= 0.6 is 0 Å². The van der Waals surface area contributed by atoms with Crippen LogP contribution in [0.15, 0.2) is 30.3 Å². The van der Waals surface area contributed by atoms with Crippen molar-refractivity contribution in [2.45, 2.75) is 64.6 Å². The number of phenols is 1. The molecule has 4 rings (SSSR count). The molecule has 1 fully saturated rings. The molecule has 3 heterocycles. The summed E-state index contributed by atoms with van der Waals surface area (Å²) in [4.78, 5) is 17.9. The summed E-state index contributed by atoms with van der Waals surface area (Å²) in [5.74, 6) is -0.274. The number of rotatable bonds is 4. The van der Waals surface area contributed by atoms with E-state index >= 15 is 0 Å². The van der Waals surface area contributed by atoms with Gasteiger partial charge in [0, 0.05) is 35.1 Å². The predicted molar refractivity (Wildman–Crippen MR) is 129 cm³/mol. The van der Waals surface area contributed by atoms with E-state index in [1.165, 1.54) is 0 Å². The van der Waals surface area contributed by atoms with Crippen molar-refractivity contribution < 1.29 is 15.0 Å². The van der Waals surface area contributed by atoms with Crippen LogP contribution in [-0.4, -0.2) is 55.5 Å². The highest BCUT2D eigenvalue weighted by atomic mass is 16.4. The monoisotopic (exact) mass is 449 g/mol. The lowest BCUT2D eigenvalue weighted by molar-refractivity contribution is 0.0690. The zero-order chi connectivity index (χ0) is 24.1. The molecule has 1 aliphatic rings. The first-order valence-electron chi connectivity index (χ1n) is 11.1. The molecule has 3 aromatic rings. The number of carboxylic acid groups (broad SMARTS) is 1. The van der Waals surface area contributed by atoms with E-state index in [1.54, 1.807) is 25.1 Å². The highest BCUT2D eigenvalue weighted by Gasteiger charge is 2.39. The average Bonchev–Trinajstić information content (AvgIpc) is 2.70. The van der Waals surface area contributed by atoms with Crippen molar-refractivity contribution in [2.24, 2.45) is 0 Å². The fourth-order valence-corrected chi connectivity index (χ4v) is 5.12. The first-order valence-corrected chi connectivity index (χ1v) is 11.1. The summed E-state index contributed by atoms with van der Waals surface area (Å²) in [6, 6.07) is 8.98. The number of carbonyl (C=O) groups is 1. The summed E-state index contributed by atoms with van der Waals surface area (Å²) in [5, 5.41) is 33.2. The Balaban J connectivity index is 1.64. The number of anilines is 1. The van der Waals surface area contributed by atoms with Crippen molar-refractivity contribution >= 4 is 22.7 Å². The number of aromatic nitrogens is 3. The number of pyridine rings is 1. The highest BCUT2D eigenvalue weighted by molar-refractivity contribution is 5.94. The van der Waals surface area contributed by atoms with Crippen molar-refractivity contribution in [2.75, 3.05) is 11.9 Å². The smallest absolute Gasteiger partial charge is 0.354 e. The Labute approximate surface area is 193 Å². The molecule has 0 bridgehead atoms. The quantitative estimate of drug-likeness (QED) is 0.545. The second-order valence-corrected chi connectivity index (χ2v) is 10.4. The van der Waals surface area contributed by atoms with Crippen LogP contribution < -0.4 is 10.2 Å². The largest absolute Gasteiger partial charge is 0.507 e. The number of hydrogen-bond acceptors (Lipinski definition) is 7. The minimum absolute atomic E-state index is 0.00461. The lowest BCUT2D eigenvalue weighted by Gasteiger charge is -2.49. The molecule has 0 aliphatic carbocycles. The van der Waals surface area contributed by atoms with Gasteiger partial charge in [-0.15, -0.1) is 10.2 Å². The summed E-state index contributed by atoms with van der Waals surface area (Å²) < 4.78 is 0. The first kappa shape index (κ1) is 22.9. The molecular formula is C25H31N5O3. The maximum atomic E-state index is 11.5. The van der Waals surface area contributed by atoms with Gasteiger partial charge in [-0.05, 0) is 83.4 Å². The van der Waals surface area contributed by atoms with Crippen LogP contribution in [0.1, 0.15) is 56.6 Å². The van der Waals surface area contributed by atoms with Gasteiger partial charge in [-0.3, -0.25) is 0 Å². The predicted octanol–water partition coefficient (Wildman–Crippen LogP) is 4.15. The maximum absolute atomic E-state index is 11.5. The number of carboxylic acids is 1. The third-order valence-electron chi connectivity index (χ3n) is 6.33. The third kappa shape index (κ3) is 4.61. The molecular weight excluding hydrogens is 418 g/mol. The van der Waals surface area contributed by atoms with E-state index in [0.29, 0.717) is 33.8 Å². The summed E-state index contributed by atoms with van der Waals surface area (Å²) in [7, 11) is 2.04. The molecule has 8 heteroatoms. The van der Waals surface area contributed by atoms with Crippen LogP contribution in [0.2, 0.25) is 0 Å². The van der Waals surface area contributed by atoms with Gasteiger partial charge in [0.2, 0.25) is 0 Å². The lowest BCUT2D eigenvalue weighted by atomic mass is 9.79. The van der Waals surface area contributed by atoms with Crippen LogP contribution in [0.3, 0.4) is 0 Å². The van der Waals surface area contributed by atoms with Gasteiger partial charge in [0.15, 0.2) is 11.5 Å². The third-order valence-corrected chi connectivity index (χ3v) is 6.33. The van der Waals surface area contributed by atoms with E-state index in [-0.39, 0.29) is 22.5 Å². The van der Waals surface area contributed by atoms with Crippen LogP contribution in [0.5, 0.6) is 5.75 Å². The van der Waals surface area contributed by atoms with Gasteiger partial charge >= 0.3 is 5.97 Å². The standard InChI is InChI=1S/C25H31N5O3/c1-14-9-15-10-20(31)17(11-19(15)26-22(14)23(32)33)18-7-8-21(28-27-18)30(6)16-12-24(2,3)29-25(4,5)13-16/h7-11,16,29,31H,12-13H2,1-6H3,(H,32,33). The van der Waals surface area contributed by atoms with E-state index in [0.717, 1.165) is 18.7 Å². The number of phenolic OH excluding ortho intramolecular Hbond substituents is 1. The van der Waals surface area contributed by atoms with Gasteiger partial charge in [0.1, 0.15) is 5.75 Å². The van der Waals surface area contributed by atoms with Crippen LogP contribution in [0, 0.1) is 6.92 Å². The van der Waals surface area contributed by atoms with Crippen molar-refractivity contribution in [3.63, 3.8) is 0 Å². The molecule has 3 N–H and O–H groups in total. The Morgan fingerprint density at radius 1 is 1.09 bits per heavy atom. The topological polar surface area (TPSA) is 111 Å². The minimum Gasteiger partial charge on any atom is -0.507 e. The zero-order valence-corrected chi connectivity index (χ0v) is 20.0. The molecule has 1 saturated heterocycles. The van der Waals surface area contributed by atoms with Crippen molar-refractivity contribution in [3.8, 4) is 17.0 Å². The number of fused-ring (bicyclic) bond motifs is 1. The molecule has 8 nitrogen and oxygen atoms in total. The molecule has 0 unspecified atom stereocenters. The van der Waals surface area contributed by atoms with Crippen LogP contribution in [-0.2, 0) is 0 Å². The molecule has 0 spiro atoms. The Morgan fingerprint density at radius 2 is 1.76 bits per heavy atom. The minimum atomic E-state index is -1.08. The Hall–Kier alpha value is -3.26. The molecule has 33 heavy (non-hydrogen) atoms. The number of nitrogens with zero attached hydrogens (tertiary/aromatic N) is 4. The van der Waals surface area contributed by atoms with E-state index in [2.05, 4.69) is 53.1 Å². The Morgan fingerprint density at radius 3 is 2.33 bits per heavy atom. The summed E-state index contributed by atoms with van der Waals surface area (Å²) in [6.45, 7) is 10.6. The highest BCUT2D eigenvalue weighted by Crippen LogP contribution is 2.35. The SMILES string of the molecule is Cc1cc2cc(O)c(-c3ccc(N(C)C4CC(C)(C)NC(C)(C)C4)nn3)cc2nc1C(=O)O. The van der Waals surface area contributed by atoms with Crippen LogP contribution in [0.25, 0.3) is 22.2 Å². The fraction of sp³-hybridized carbons (Fsp3) is 0.440. The van der Waals surface area contributed by atoms with Gasteiger partial charge in [0.25, 0.3) is 0 Å². The van der Waals surface area contributed by atoms with Crippen molar-refractivity contribution in [3.05, 3.63) is 41.6 Å². The Kier molecular flexibility index (Phi) is 5.52.